The second-order valence-corrected chi connectivity index (χ2v) is 11.2. The second kappa shape index (κ2) is 11.1. The average Bonchev–Trinajstić information content (AvgIpc) is 3.27. The van der Waals surface area contributed by atoms with E-state index in [1.54, 1.807) is 23.7 Å². The van der Waals surface area contributed by atoms with Crippen molar-refractivity contribution in [1.82, 2.24) is 19.6 Å². The molecule has 0 spiro atoms. The minimum Gasteiger partial charge on any atom is -0.492 e. The van der Waals surface area contributed by atoms with Crippen LogP contribution in [0.3, 0.4) is 0 Å². The molecule has 2 aromatic carbocycles. The fraction of sp³-hybridized carbons (Fsp3) is 0.333. The number of nitrogens with one attached hydrogen (secondary N) is 2. The quantitative estimate of drug-likeness (QED) is 0.345. The SMILES string of the molecule is Cn1cnc(S(=O)(=O)NCCOc2ccc3c(c2)C(Cc2ccc(Cl)c(Cl)c2)C(NC(=O)O)CC3)c1. The highest BCUT2D eigenvalue weighted by molar-refractivity contribution is 7.89. The summed E-state index contributed by atoms with van der Waals surface area (Å²) < 4.78 is 34.5. The van der Waals surface area contributed by atoms with Crippen LogP contribution in [0.5, 0.6) is 5.75 Å². The van der Waals surface area contributed by atoms with Crippen LogP contribution in [0.2, 0.25) is 10.0 Å². The molecular weight excluding hydrogens is 527 g/mol. The molecular formula is C24H26Cl2N4O5S. The van der Waals surface area contributed by atoms with Crippen LogP contribution in [0.4, 0.5) is 4.79 Å². The summed E-state index contributed by atoms with van der Waals surface area (Å²) in [6, 6.07) is 10.8. The predicted octanol–water partition coefficient (Wildman–Crippen LogP) is 3.99. The minimum absolute atomic E-state index is 0.0547. The number of carboxylic acid groups (broad SMARTS) is 1. The third-order valence-corrected chi connectivity index (χ3v) is 8.18. The van der Waals surface area contributed by atoms with Crippen molar-refractivity contribution in [2.24, 2.45) is 7.05 Å². The number of carbonyl (C=O) groups is 1. The van der Waals surface area contributed by atoms with Gasteiger partial charge in [-0.3, -0.25) is 0 Å². The summed E-state index contributed by atoms with van der Waals surface area (Å²) >= 11 is 12.3. The lowest BCUT2D eigenvalue weighted by atomic mass is 9.76. The van der Waals surface area contributed by atoms with Gasteiger partial charge in [-0.15, -0.1) is 0 Å². The first-order valence-electron chi connectivity index (χ1n) is 11.3. The lowest BCUT2D eigenvalue weighted by Crippen LogP contribution is -2.42. The number of benzene rings is 2. The number of hydrogen-bond acceptors (Lipinski definition) is 5. The van der Waals surface area contributed by atoms with E-state index in [0.717, 1.165) is 23.1 Å². The number of fused-ring (bicyclic) bond motifs is 1. The highest BCUT2D eigenvalue weighted by Crippen LogP contribution is 2.37. The van der Waals surface area contributed by atoms with Gasteiger partial charge in [0.25, 0.3) is 10.0 Å². The molecule has 2 atom stereocenters. The summed E-state index contributed by atoms with van der Waals surface area (Å²) in [5.41, 5.74) is 3.04. The minimum atomic E-state index is -3.72. The van der Waals surface area contributed by atoms with Gasteiger partial charge in [-0.2, -0.15) is 0 Å². The van der Waals surface area contributed by atoms with Crippen LogP contribution < -0.4 is 14.8 Å². The molecule has 1 aliphatic rings. The molecule has 12 heteroatoms. The van der Waals surface area contributed by atoms with E-state index in [1.807, 2.05) is 24.3 Å². The zero-order valence-corrected chi connectivity index (χ0v) is 21.8. The van der Waals surface area contributed by atoms with Crippen molar-refractivity contribution >= 4 is 39.3 Å². The van der Waals surface area contributed by atoms with Crippen LogP contribution >= 0.6 is 23.2 Å². The molecule has 0 aliphatic heterocycles. The lowest BCUT2D eigenvalue weighted by Gasteiger charge is -2.34. The third kappa shape index (κ3) is 6.31. The molecule has 192 valence electrons. The third-order valence-electron chi connectivity index (χ3n) is 6.10. The largest absolute Gasteiger partial charge is 0.492 e. The van der Waals surface area contributed by atoms with Crippen molar-refractivity contribution in [2.45, 2.75) is 36.2 Å². The number of sulfonamides is 1. The Kier molecular flexibility index (Phi) is 8.09. The maximum absolute atomic E-state index is 12.3. The Labute approximate surface area is 219 Å². The smallest absolute Gasteiger partial charge is 0.404 e. The summed E-state index contributed by atoms with van der Waals surface area (Å²) in [6.07, 6.45) is 3.71. The van der Waals surface area contributed by atoms with E-state index < -0.39 is 16.1 Å². The van der Waals surface area contributed by atoms with Gasteiger partial charge in [-0.1, -0.05) is 35.3 Å². The molecule has 3 N–H and O–H groups in total. The number of amides is 1. The fourth-order valence-electron chi connectivity index (χ4n) is 4.42. The normalized spacial score (nSPS) is 17.4. The number of halogens is 2. The summed E-state index contributed by atoms with van der Waals surface area (Å²) in [5, 5.41) is 12.9. The van der Waals surface area contributed by atoms with Crippen molar-refractivity contribution in [3.8, 4) is 5.75 Å². The summed E-state index contributed by atoms with van der Waals surface area (Å²) in [6.45, 7) is 0.172. The molecule has 36 heavy (non-hydrogen) atoms. The molecule has 0 saturated carbocycles. The molecule has 0 bridgehead atoms. The Balaban J connectivity index is 1.48. The average molecular weight is 553 g/mol. The Morgan fingerprint density at radius 2 is 2.03 bits per heavy atom. The van der Waals surface area contributed by atoms with E-state index in [9.17, 15) is 18.3 Å². The molecule has 1 amide bonds. The molecule has 0 radical (unpaired) electrons. The van der Waals surface area contributed by atoms with Crippen LogP contribution in [0.15, 0.2) is 53.9 Å². The van der Waals surface area contributed by atoms with Gasteiger partial charge in [0.1, 0.15) is 12.4 Å². The standard InChI is InChI=1S/C24H26Cl2N4O5S/c1-30-13-23(27-14-30)36(33,34)28-8-9-35-17-5-3-16-4-7-22(29-24(31)32)19(18(16)12-17)10-15-2-6-20(25)21(26)11-15/h2-3,5-6,11-14,19,22,28-29H,4,7-10H2,1H3,(H,31,32). The van der Waals surface area contributed by atoms with Gasteiger partial charge in [-0.25, -0.2) is 22.9 Å². The Morgan fingerprint density at radius 3 is 2.72 bits per heavy atom. The van der Waals surface area contributed by atoms with E-state index in [0.29, 0.717) is 28.6 Å². The van der Waals surface area contributed by atoms with E-state index >= 15 is 0 Å². The van der Waals surface area contributed by atoms with Crippen molar-refractivity contribution in [2.75, 3.05) is 13.2 Å². The maximum Gasteiger partial charge on any atom is 0.404 e. The molecule has 1 aliphatic carbocycles. The number of hydrogen-bond donors (Lipinski definition) is 3. The fourth-order valence-corrected chi connectivity index (χ4v) is 5.73. The number of imidazole rings is 1. The highest BCUT2D eigenvalue weighted by Gasteiger charge is 2.31. The summed E-state index contributed by atoms with van der Waals surface area (Å²) in [7, 11) is -2.03. The highest BCUT2D eigenvalue weighted by atomic mass is 35.5. The van der Waals surface area contributed by atoms with Crippen LogP contribution in [0.25, 0.3) is 0 Å². The molecule has 1 heterocycles. The summed E-state index contributed by atoms with van der Waals surface area (Å²) in [4.78, 5) is 15.3. The van der Waals surface area contributed by atoms with Crippen molar-refractivity contribution in [3.63, 3.8) is 0 Å². The number of aryl methyl sites for hydroxylation is 2. The Hall–Kier alpha value is -2.79. The van der Waals surface area contributed by atoms with E-state index in [4.69, 9.17) is 27.9 Å². The first-order valence-corrected chi connectivity index (χ1v) is 13.5. The van der Waals surface area contributed by atoms with E-state index in [1.165, 1.54) is 12.5 Å². The number of nitrogens with zero attached hydrogens (tertiary/aromatic N) is 2. The molecule has 2 unspecified atom stereocenters. The van der Waals surface area contributed by atoms with Gasteiger partial charge in [0.2, 0.25) is 0 Å². The molecule has 4 rings (SSSR count). The molecule has 1 aromatic heterocycles. The molecule has 0 saturated heterocycles. The lowest BCUT2D eigenvalue weighted by molar-refractivity contribution is 0.185. The van der Waals surface area contributed by atoms with Crippen molar-refractivity contribution in [1.29, 1.82) is 0 Å². The topological polar surface area (TPSA) is 123 Å². The van der Waals surface area contributed by atoms with Gasteiger partial charge < -0.3 is 19.7 Å². The van der Waals surface area contributed by atoms with Crippen molar-refractivity contribution in [3.05, 3.63) is 75.7 Å². The van der Waals surface area contributed by atoms with Gasteiger partial charge in [0.05, 0.1) is 16.4 Å². The van der Waals surface area contributed by atoms with Crippen LogP contribution in [-0.4, -0.2) is 48.4 Å². The summed E-state index contributed by atoms with van der Waals surface area (Å²) in [5.74, 6) is 0.425. The van der Waals surface area contributed by atoms with Crippen LogP contribution in [0, 0.1) is 0 Å². The van der Waals surface area contributed by atoms with Crippen LogP contribution in [0.1, 0.15) is 29.0 Å². The zero-order chi connectivity index (χ0) is 25.9. The molecule has 0 fully saturated rings. The van der Waals surface area contributed by atoms with Gasteiger partial charge >= 0.3 is 6.09 Å². The predicted molar refractivity (Wildman–Crippen MR) is 137 cm³/mol. The monoisotopic (exact) mass is 552 g/mol. The van der Waals surface area contributed by atoms with E-state index in [-0.39, 0.29) is 30.1 Å². The Morgan fingerprint density at radius 1 is 1.22 bits per heavy atom. The first-order chi connectivity index (χ1) is 17.1. The maximum atomic E-state index is 12.3. The Bertz CT molecular complexity index is 1360. The van der Waals surface area contributed by atoms with Crippen LogP contribution in [-0.2, 0) is 29.9 Å². The number of ether oxygens (including phenoxy) is 1. The zero-order valence-electron chi connectivity index (χ0n) is 19.4. The molecule has 3 aromatic rings. The molecule has 9 nitrogen and oxygen atoms in total. The van der Waals surface area contributed by atoms with E-state index in [2.05, 4.69) is 15.0 Å². The first kappa shape index (κ1) is 26.3. The van der Waals surface area contributed by atoms with Gasteiger partial charge in [0.15, 0.2) is 5.03 Å². The number of aromatic nitrogens is 2. The van der Waals surface area contributed by atoms with Crippen molar-refractivity contribution < 1.29 is 23.1 Å². The van der Waals surface area contributed by atoms with Gasteiger partial charge in [0, 0.05) is 31.7 Å². The second-order valence-electron chi connectivity index (χ2n) is 8.64. The van der Waals surface area contributed by atoms with Gasteiger partial charge in [-0.05, 0) is 60.2 Å². The number of rotatable bonds is 9.